The van der Waals surface area contributed by atoms with E-state index in [4.69, 9.17) is 14.2 Å². The molecule has 0 bridgehead atoms. The first-order chi connectivity index (χ1) is 30.1. The molecule has 0 aliphatic rings. The van der Waals surface area contributed by atoms with E-state index in [2.05, 4.69) is 74.6 Å². The number of nitrogens with zero attached hydrogens (tertiary/aromatic N) is 1. The molecule has 358 valence electrons. The highest BCUT2D eigenvalue weighted by atomic mass is 16.6. The van der Waals surface area contributed by atoms with Crippen molar-refractivity contribution in [1.29, 1.82) is 0 Å². The molecule has 0 saturated heterocycles. The number of carboxylic acids is 1. The zero-order chi connectivity index (χ0) is 45.6. The van der Waals surface area contributed by atoms with Crippen LogP contribution in [0.1, 0.15) is 213 Å². The number of unbranched alkanes of at least 4 members (excludes halogenated alkanes) is 21. The minimum absolute atomic E-state index is 0.0205. The van der Waals surface area contributed by atoms with Gasteiger partial charge in [-0.2, -0.15) is 0 Å². The Hall–Kier alpha value is -2.97. The lowest BCUT2D eigenvalue weighted by Crippen LogP contribution is -2.55. The number of hydrogen-bond donors (Lipinski definition) is 0. The quantitative estimate of drug-likeness (QED) is 0.0260. The van der Waals surface area contributed by atoms with Crippen LogP contribution in [0.25, 0.3) is 0 Å². The summed E-state index contributed by atoms with van der Waals surface area (Å²) in [5.41, 5.74) is 0. The Balaban J connectivity index is 4.34. The Labute approximate surface area is 381 Å². The summed E-state index contributed by atoms with van der Waals surface area (Å²) in [4.78, 5) is 37.0. The third-order valence-electron chi connectivity index (χ3n) is 11.1. The molecule has 0 radical (unpaired) electrons. The van der Waals surface area contributed by atoms with Crippen molar-refractivity contribution in [2.24, 2.45) is 0 Å². The largest absolute Gasteiger partial charge is 0.544 e. The van der Waals surface area contributed by atoms with Crippen molar-refractivity contribution in [1.82, 2.24) is 0 Å². The predicted octanol–water partition coefficient (Wildman–Crippen LogP) is 13.2. The molecule has 0 N–H and O–H groups in total. The van der Waals surface area contributed by atoms with Gasteiger partial charge < -0.3 is 28.6 Å². The number of aliphatic carboxylic acids is 1. The molecular formula is C54H95NO7. The SMILES string of the molecule is CCCCC/C=C/C/C=C/C/C=C/C/C=C/CCCC(=O)OCC(COCCC(C(=O)[O-])[N+](C)(C)C)OC(=O)CCCCCCCCC/C=C/CCCCCCCCCCCC. The van der Waals surface area contributed by atoms with Gasteiger partial charge in [0.25, 0.3) is 0 Å². The number of carbonyl (C=O) groups excluding carboxylic acids is 3. The van der Waals surface area contributed by atoms with E-state index in [9.17, 15) is 19.5 Å². The molecule has 8 nitrogen and oxygen atoms in total. The summed E-state index contributed by atoms with van der Waals surface area (Å²) in [6, 6.07) is -0.737. The summed E-state index contributed by atoms with van der Waals surface area (Å²) < 4.78 is 17.2. The molecule has 0 heterocycles. The second kappa shape index (κ2) is 44.6. The van der Waals surface area contributed by atoms with Crippen LogP contribution in [0.4, 0.5) is 0 Å². The molecule has 0 spiro atoms. The van der Waals surface area contributed by atoms with Gasteiger partial charge in [-0.05, 0) is 77.0 Å². The summed E-state index contributed by atoms with van der Waals surface area (Å²) in [6.07, 6.45) is 55.4. The van der Waals surface area contributed by atoms with Crippen molar-refractivity contribution in [2.75, 3.05) is 41.0 Å². The van der Waals surface area contributed by atoms with Gasteiger partial charge in [0.15, 0.2) is 6.10 Å². The fourth-order valence-electron chi connectivity index (χ4n) is 7.18. The van der Waals surface area contributed by atoms with Crippen LogP contribution in [0.3, 0.4) is 0 Å². The number of hydrogen-bond acceptors (Lipinski definition) is 7. The van der Waals surface area contributed by atoms with Gasteiger partial charge in [0, 0.05) is 19.3 Å². The zero-order valence-electron chi connectivity index (χ0n) is 40.8. The second-order valence-corrected chi connectivity index (χ2v) is 18.0. The van der Waals surface area contributed by atoms with Gasteiger partial charge in [0.05, 0.1) is 40.3 Å². The number of carbonyl (C=O) groups is 3. The molecule has 0 fully saturated rings. The first-order valence-corrected chi connectivity index (χ1v) is 25.3. The minimum Gasteiger partial charge on any atom is -0.544 e. The predicted molar refractivity (Wildman–Crippen MR) is 259 cm³/mol. The molecule has 0 aliphatic carbocycles. The van der Waals surface area contributed by atoms with E-state index < -0.39 is 18.1 Å². The minimum atomic E-state index is -1.13. The van der Waals surface area contributed by atoms with Crippen LogP contribution in [0, 0.1) is 0 Å². The first-order valence-electron chi connectivity index (χ1n) is 25.3. The van der Waals surface area contributed by atoms with Gasteiger partial charge in [-0.15, -0.1) is 0 Å². The average molecular weight is 870 g/mol. The zero-order valence-corrected chi connectivity index (χ0v) is 40.8. The Kier molecular flexibility index (Phi) is 42.5. The van der Waals surface area contributed by atoms with Crippen molar-refractivity contribution >= 4 is 17.9 Å². The van der Waals surface area contributed by atoms with Crippen LogP contribution in [0.2, 0.25) is 0 Å². The molecule has 2 atom stereocenters. The number of quaternary nitrogens is 1. The molecule has 0 aromatic heterocycles. The molecule has 0 saturated carbocycles. The number of ether oxygens (including phenoxy) is 3. The Morgan fingerprint density at radius 2 is 0.871 bits per heavy atom. The van der Waals surface area contributed by atoms with E-state index in [-0.39, 0.29) is 49.1 Å². The van der Waals surface area contributed by atoms with Crippen LogP contribution < -0.4 is 5.11 Å². The fourth-order valence-corrected chi connectivity index (χ4v) is 7.18. The summed E-state index contributed by atoms with van der Waals surface area (Å²) in [6.45, 7) is 4.58. The Morgan fingerprint density at radius 1 is 0.484 bits per heavy atom. The van der Waals surface area contributed by atoms with Crippen molar-refractivity contribution in [3.8, 4) is 0 Å². The Bertz CT molecular complexity index is 1200. The average Bonchev–Trinajstić information content (AvgIpc) is 3.23. The van der Waals surface area contributed by atoms with Gasteiger partial charge in [-0.1, -0.05) is 177 Å². The number of allylic oxidation sites excluding steroid dienone is 10. The van der Waals surface area contributed by atoms with Crippen molar-refractivity contribution in [3.63, 3.8) is 0 Å². The fraction of sp³-hybridized carbons (Fsp3) is 0.759. The second-order valence-electron chi connectivity index (χ2n) is 18.0. The maximum Gasteiger partial charge on any atom is 0.306 e. The van der Waals surface area contributed by atoms with Crippen LogP contribution in [0.5, 0.6) is 0 Å². The molecule has 62 heavy (non-hydrogen) atoms. The molecule has 0 aliphatic heterocycles. The molecule has 2 unspecified atom stereocenters. The van der Waals surface area contributed by atoms with E-state index in [0.29, 0.717) is 12.8 Å². The summed E-state index contributed by atoms with van der Waals surface area (Å²) in [7, 11) is 5.39. The lowest BCUT2D eigenvalue weighted by atomic mass is 10.1. The highest BCUT2D eigenvalue weighted by Gasteiger charge is 2.25. The van der Waals surface area contributed by atoms with Crippen LogP contribution >= 0.6 is 0 Å². The number of likely N-dealkylation sites (N-methyl/N-ethyl adjacent to an activating group) is 1. The van der Waals surface area contributed by atoms with Gasteiger partial charge in [-0.25, -0.2) is 0 Å². The number of rotatable bonds is 45. The first kappa shape index (κ1) is 59.0. The lowest BCUT2D eigenvalue weighted by molar-refractivity contribution is -0.889. The third kappa shape index (κ3) is 42.3. The van der Waals surface area contributed by atoms with Crippen LogP contribution in [0.15, 0.2) is 60.8 Å². The van der Waals surface area contributed by atoms with Crippen molar-refractivity contribution in [2.45, 2.75) is 225 Å². The maximum absolute atomic E-state index is 12.8. The van der Waals surface area contributed by atoms with Gasteiger partial charge in [0.2, 0.25) is 0 Å². The third-order valence-corrected chi connectivity index (χ3v) is 11.1. The molecule has 0 aromatic rings. The van der Waals surface area contributed by atoms with E-state index >= 15 is 0 Å². The molecular weight excluding hydrogens is 775 g/mol. The molecule has 8 heteroatoms. The highest BCUT2D eigenvalue weighted by molar-refractivity contribution is 5.70. The van der Waals surface area contributed by atoms with E-state index in [1.807, 2.05) is 0 Å². The number of esters is 2. The molecule has 0 amide bonds. The maximum atomic E-state index is 12.8. The van der Waals surface area contributed by atoms with Crippen LogP contribution in [-0.4, -0.2) is 75.5 Å². The Morgan fingerprint density at radius 3 is 1.35 bits per heavy atom. The molecule has 0 aromatic carbocycles. The highest BCUT2D eigenvalue weighted by Crippen LogP contribution is 2.14. The van der Waals surface area contributed by atoms with Crippen molar-refractivity contribution < 1.29 is 38.2 Å². The van der Waals surface area contributed by atoms with E-state index in [1.54, 1.807) is 21.1 Å². The smallest absolute Gasteiger partial charge is 0.306 e. The molecule has 0 rings (SSSR count). The standard InChI is InChI=1S/C54H95NO7/c1-6-8-10-12-14-16-18-20-22-24-25-26-27-29-31-33-35-37-39-41-43-45-53(57)62-50(48-60-47-46-51(54(58)59)55(3,4)5)49-61-52(56)44-42-40-38-36-34-32-30-28-23-21-19-17-15-13-11-9-7-2/h15,17,21,23,26-27,30,32,36,38,50-51H,6-14,16,18-20,22,24-25,28-29,31,33-35,37,39-49H2,1-5H3/b17-15+,23-21+,27-26+,32-30+,38-36+. The summed E-state index contributed by atoms with van der Waals surface area (Å²) in [5, 5.41) is 11.7. The van der Waals surface area contributed by atoms with E-state index in [1.165, 1.54) is 128 Å². The number of carboxylic acid groups (broad SMARTS) is 1. The summed E-state index contributed by atoms with van der Waals surface area (Å²) >= 11 is 0. The summed E-state index contributed by atoms with van der Waals surface area (Å²) in [5.74, 6) is -1.81. The normalized spacial score (nSPS) is 13.4. The van der Waals surface area contributed by atoms with Gasteiger partial charge in [-0.3, -0.25) is 9.59 Å². The monoisotopic (exact) mass is 870 g/mol. The van der Waals surface area contributed by atoms with Crippen molar-refractivity contribution in [3.05, 3.63) is 60.8 Å². The topological polar surface area (TPSA) is 102 Å². The van der Waals surface area contributed by atoms with Crippen LogP contribution in [-0.2, 0) is 28.6 Å². The van der Waals surface area contributed by atoms with Gasteiger partial charge in [0.1, 0.15) is 12.6 Å². The van der Waals surface area contributed by atoms with E-state index in [0.717, 1.165) is 44.9 Å². The lowest BCUT2D eigenvalue weighted by Gasteiger charge is -2.34. The van der Waals surface area contributed by atoms with Gasteiger partial charge >= 0.3 is 11.9 Å².